The quantitative estimate of drug-likeness (QED) is 0.180. The summed E-state index contributed by atoms with van der Waals surface area (Å²) >= 11 is 0. The number of hydrogen-bond donors (Lipinski definition) is 2. The molecule has 0 unspecified atom stereocenters. The van der Waals surface area contributed by atoms with E-state index < -0.39 is 0 Å². The highest BCUT2D eigenvalue weighted by Crippen LogP contribution is 2.34. The lowest BCUT2D eigenvalue weighted by Gasteiger charge is -2.26. The lowest BCUT2D eigenvalue weighted by atomic mass is 9.78. The summed E-state index contributed by atoms with van der Waals surface area (Å²) in [6, 6.07) is 39.5. The number of aromatic hydroxyl groups is 2. The zero-order valence-corrected chi connectivity index (χ0v) is 24.7. The van der Waals surface area contributed by atoms with Gasteiger partial charge in [-0.15, -0.1) is 0 Å². The van der Waals surface area contributed by atoms with Gasteiger partial charge < -0.3 is 19.7 Å². The third-order valence-corrected chi connectivity index (χ3v) is 8.16. The predicted octanol–water partition coefficient (Wildman–Crippen LogP) is 8.91. The van der Waals surface area contributed by atoms with Crippen LogP contribution in [-0.4, -0.2) is 10.2 Å². The molecule has 5 rings (SSSR count). The molecule has 42 heavy (non-hydrogen) atoms. The topological polar surface area (TPSA) is 58.9 Å². The molecule has 0 saturated heterocycles. The van der Waals surface area contributed by atoms with Crippen molar-refractivity contribution in [2.45, 2.75) is 51.7 Å². The van der Waals surface area contributed by atoms with Gasteiger partial charge in [0.25, 0.3) is 0 Å². The Morgan fingerprint density at radius 1 is 0.405 bits per heavy atom. The van der Waals surface area contributed by atoms with Crippen LogP contribution >= 0.6 is 0 Å². The average molecular weight is 559 g/mol. The van der Waals surface area contributed by atoms with Gasteiger partial charge in [0, 0.05) is 10.8 Å². The Bertz CT molecular complexity index is 1460. The third kappa shape index (κ3) is 6.60. The summed E-state index contributed by atoms with van der Waals surface area (Å²) in [4.78, 5) is 0. The minimum absolute atomic E-state index is 0.184. The molecule has 0 aliphatic carbocycles. The van der Waals surface area contributed by atoms with Crippen molar-refractivity contribution in [3.63, 3.8) is 0 Å². The molecule has 0 saturated carbocycles. The number of rotatable bonds is 10. The Balaban J connectivity index is 1.12. The minimum atomic E-state index is -0.184. The second-order valence-corrected chi connectivity index (χ2v) is 11.8. The van der Waals surface area contributed by atoms with Crippen LogP contribution in [0.3, 0.4) is 0 Å². The molecule has 2 N–H and O–H groups in total. The van der Waals surface area contributed by atoms with Crippen LogP contribution in [0.5, 0.6) is 23.0 Å². The van der Waals surface area contributed by atoms with Gasteiger partial charge in [-0.3, -0.25) is 0 Å². The highest BCUT2D eigenvalue weighted by Gasteiger charge is 2.24. The highest BCUT2D eigenvalue weighted by atomic mass is 16.5. The smallest absolute Gasteiger partial charge is 0.119 e. The van der Waals surface area contributed by atoms with Crippen LogP contribution in [0.4, 0.5) is 0 Å². The van der Waals surface area contributed by atoms with E-state index in [-0.39, 0.29) is 22.3 Å². The van der Waals surface area contributed by atoms with E-state index >= 15 is 0 Å². The predicted molar refractivity (Wildman–Crippen MR) is 168 cm³/mol. The van der Waals surface area contributed by atoms with Crippen LogP contribution in [0.25, 0.3) is 0 Å². The van der Waals surface area contributed by atoms with Crippen LogP contribution in [0, 0.1) is 0 Å². The van der Waals surface area contributed by atoms with E-state index in [9.17, 15) is 10.2 Å². The number of benzene rings is 5. The van der Waals surface area contributed by atoms with Gasteiger partial charge in [-0.25, -0.2) is 0 Å². The second kappa shape index (κ2) is 12.0. The van der Waals surface area contributed by atoms with E-state index in [0.29, 0.717) is 13.2 Å². The van der Waals surface area contributed by atoms with Gasteiger partial charge in [0.05, 0.1) is 0 Å². The average Bonchev–Trinajstić information content (AvgIpc) is 3.00. The molecule has 0 aromatic heterocycles. The first-order valence-electron chi connectivity index (χ1n) is 14.2. The molecule has 0 heterocycles. The fraction of sp³-hybridized carbons (Fsp3) is 0.211. The van der Waals surface area contributed by atoms with E-state index in [1.807, 2.05) is 48.5 Å². The van der Waals surface area contributed by atoms with Crippen LogP contribution in [0.15, 0.2) is 121 Å². The number of ether oxygens (including phenoxy) is 2. The summed E-state index contributed by atoms with van der Waals surface area (Å²) in [5, 5.41) is 19.2. The summed E-state index contributed by atoms with van der Waals surface area (Å²) in [5.41, 5.74) is 6.46. The van der Waals surface area contributed by atoms with Crippen molar-refractivity contribution in [2.75, 3.05) is 0 Å². The maximum Gasteiger partial charge on any atom is 0.119 e. The molecule has 4 heteroatoms. The molecule has 0 fully saturated rings. The van der Waals surface area contributed by atoms with Crippen molar-refractivity contribution in [1.82, 2.24) is 0 Å². The first kappa shape index (κ1) is 28.8. The maximum atomic E-state index is 9.61. The van der Waals surface area contributed by atoms with Gasteiger partial charge in [0.1, 0.15) is 36.2 Å². The first-order chi connectivity index (χ1) is 20.1. The van der Waals surface area contributed by atoms with Gasteiger partial charge in [-0.2, -0.15) is 0 Å². The SMILES string of the molecule is CC(C)(c1ccc(O)cc1)c1ccc(OCc2ccc(COc3ccc(C(C)(C)c4ccc(O)cc4)cc3)cc2)cc1. The molecule has 5 aromatic carbocycles. The molecule has 0 aliphatic rings. The molecule has 0 spiro atoms. The van der Waals surface area contributed by atoms with Crippen LogP contribution < -0.4 is 9.47 Å². The molecular weight excluding hydrogens is 520 g/mol. The lowest BCUT2D eigenvalue weighted by Crippen LogP contribution is -2.18. The van der Waals surface area contributed by atoms with E-state index in [1.165, 1.54) is 11.1 Å². The second-order valence-electron chi connectivity index (χ2n) is 11.8. The van der Waals surface area contributed by atoms with E-state index in [4.69, 9.17) is 9.47 Å². The first-order valence-corrected chi connectivity index (χ1v) is 14.2. The summed E-state index contributed by atoms with van der Waals surface area (Å²) < 4.78 is 12.1. The number of hydrogen-bond acceptors (Lipinski definition) is 4. The lowest BCUT2D eigenvalue weighted by molar-refractivity contribution is 0.302. The van der Waals surface area contributed by atoms with E-state index in [1.54, 1.807) is 24.3 Å². The summed E-state index contributed by atoms with van der Waals surface area (Å²) in [5.74, 6) is 2.20. The van der Waals surface area contributed by atoms with Crippen LogP contribution in [-0.2, 0) is 24.0 Å². The minimum Gasteiger partial charge on any atom is -0.508 e. The zero-order valence-electron chi connectivity index (χ0n) is 24.7. The standard InChI is InChI=1S/C38H38O4/c1-37(2,29-9-17-33(39)18-10-29)31-13-21-35(22-14-31)41-25-27-5-7-28(8-6-27)26-42-36-23-15-32(16-24-36)38(3,4)30-11-19-34(40)20-12-30/h5-24,39-40H,25-26H2,1-4H3. The molecule has 0 amide bonds. The molecule has 0 aliphatic heterocycles. The maximum absolute atomic E-state index is 9.61. The Labute approximate surface area is 248 Å². The van der Waals surface area contributed by atoms with Crippen LogP contribution in [0.1, 0.15) is 61.1 Å². The summed E-state index contributed by atoms with van der Waals surface area (Å²) in [6.07, 6.45) is 0. The van der Waals surface area contributed by atoms with Gasteiger partial charge in [-0.1, -0.05) is 100 Å². The third-order valence-electron chi connectivity index (χ3n) is 8.16. The normalized spacial score (nSPS) is 11.7. The van der Waals surface area contributed by atoms with Crippen molar-refractivity contribution in [3.8, 4) is 23.0 Å². The molecular formula is C38H38O4. The summed E-state index contributed by atoms with van der Waals surface area (Å²) in [6.45, 7) is 9.68. The van der Waals surface area contributed by atoms with Gasteiger partial charge in [0.2, 0.25) is 0 Å². The molecule has 0 bridgehead atoms. The van der Waals surface area contributed by atoms with Crippen molar-refractivity contribution < 1.29 is 19.7 Å². The molecule has 5 aromatic rings. The Kier molecular flexibility index (Phi) is 8.26. The molecule has 214 valence electrons. The van der Waals surface area contributed by atoms with Crippen LogP contribution in [0.2, 0.25) is 0 Å². The number of phenolic OH excluding ortho intramolecular Hbond substituents is 2. The molecule has 0 radical (unpaired) electrons. The van der Waals surface area contributed by atoms with Crippen molar-refractivity contribution in [2.24, 2.45) is 0 Å². The van der Waals surface area contributed by atoms with E-state index in [0.717, 1.165) is 33.8 Å². The highest BCUT2D eigenvalue weighted by molar-refractivity contribution is 5.43. The fourth-order valence-electron chi connectivity index (χ4n) is 5.09. The molecule has 0 atom stereocenters. The summed E-state index contributed by atoms with van der Waals surface area (Å²) in [7, 11) is 0. The Morgan fingerprint density at radius 3 is 0.952 bits per heavy atom. The van der Waals surface area contributed by atoms with Gasteiger partial charge >= 0.3 is 0 Å². The fourth-order valence-corrected chi connectivity index (χ4v) is 5.09. The zero-order chi connectivity index (χ0) is 29.7. The largest absolute Gasteiger partial charge is 0.508 e. The van der Waals surface area contributed by atoms with Gasteiger partial charge in [0.15, 0.2) is 0 Å². The monoisotopic (exact) mass is 558 g/mol. The number of phenols is 2. The van der Waals surface area contributed by atoms with Crippen molar-refractivity contribution in [1.29, 1.82) is 0 Å². The Morgan fingerprint density at radius 2 is 0.667 bits per heavy atom. The molecule has 4 nitrogen and oxygen atoms in total. The van der Waals surface area contributed by atoms with E-state index in [2.05, 4.69) is 76.2 Å². The van der Waals surface area contributed by atoms with Gasteiger partial charge in [-0.05, 0) is 81.9 Å². The van der Waals surface area contributed by atoms with Crippen molar-refractivity contribution in [3.05, 3.63) is 155 Å². The Hall–Kier alpha value is -4.70. The van der Waals surface area contributed by atoms with Crippen molar-refractivity contribution >= 4 is 0 Å².